The van der Waals surface area contributed by atoms with E-state index < -0.39 is 17.5 Å². The summed E-state index contributed by atoms with van der Waals surface area (Å²) in [5, 5.41) is 10.1. The molecule has 1 aromatic rings. The van der Waals surface area contributed by atoms with E-state index in [1.54, 1.807) is 6.92 Å². The molecule has 106 valence electrons. The second-order valence-electron chi connectivity index (χ2n) is 5.31. The molecule has 1 unspecified atom stereocenters. The van der Waals surface area contributed by atoms with Crippen molar-refractivity contribution < 1.29 is 18.3 Å². The van der Waals surface area contributed by atoms with Crippen LogP contribution in [0.3, 0.4) is 0 Å². The fraction of sp³-hybridized carbons (Fsp3) is 0.615. The first-order chi connectivity index (χ1) is 8.70. The Morgan fingerprint density at radius 2 is 2.00 bits per heavy atom. The zero-order valence-electron chi connectivity index (χ0n) is 10.5. The number of aliphatic hydroxyl groups is 1. The third-order valence-electron chi connectivity index (χ3n) is 3.63. The average Bonchev–Trinajstić information content (AvgIpc) is 2.22. The molecule has 0 bridgehead atoms. The van der Waals surface area contributed by atoms with Crippen LogP contribution in [0.15, 0.2) is 12.1 Å². The van der Waals surface area contributed by atoms with Gasteiger partial charge in [-0.3, -0.25) is 0 Å². The second-order valence-corrected chi connectivity index (χ2v) is 5.67. The number of halogens is 4. The van der Waals surface area contributed by atoms with E-state index >= 15 is 0 Å². The topological polar surface area (TPSA) is 33.1 Å². The van der Waals surface area contributed by atoms with Gasteiger partial charge in [0.15, 0.2) is 0 Å². The molecule has 2 nitrogen and oxygen atoms in total. The third kappa shape index (κ3) is 3.20. The van der Waals surface area contributed by atoms with Crippen molar-refractivity contribution in [2.24, 2.45) is 5.92 Å². The van der Waals surface area contributed by atoms with Gasteiger partial charge >= 0.3 is 6.18 Å². The van der Waals surface area contributed by atoms with Crippen molar-refractivity contribution >= 4 is 11.6 Å². The molecule has 1 aliphatic carbocycles. The van der Waals surface area contributed by atoms with E-state index in [0.29, 0.717) is 12.3 Å². The maximum absolute atomic E-state index is 12.5. The molecule has 0 saturated heterocycles. The molecule has 1 fully saturated rings. The molecule has 1 aromatic heterocycles. The minimum atomic E-state index is -4.53. The zero-order chi connectivity index (χ0) is 14.3. The Balaban J connectivity index is 2.24. The van der Waals surface area contributed by atoms with Crippen LogP contribution < -0.4 is 0 Å². The lowest BCUT2D eigenvalue weighted by Gasteiger charge is -2.34. The van der Waals surface area contributed by atoms with E-state index in [1.807, 2.05) is 0 Å². The predicted octanol–water partition coefficient (Wildman–Crippen LogP) is 4.15. The first-order valence-corrected chi connectivity index (χ1v) is 6.54. The van der Waals surface area contributed by atoms with Gasteiger partial charge in [-0.25, -0.2) is 4.98 Å². The van der Waals surface area contributed by atoms with E-state index in [2.05, 4.69) is 4.98 Å². The van der Waals surface area contributed by atoms with Crippen LogP contribution in [0, 0.1) is 5.92 Å². The van der Waals surface area contributed by atoms with Crippen LogP contribution in [0.4, 0.5) is 13.2 Å². The minimum absolute atomic E-state index is 0.258. The fourth-order valence-corrected chi connectivity index (χ4v) is 2.72. The SMILES string of the molecule is CC(O)(CC1CCC1)c1ccc(C(F)(F)F)nc1Cl. The quantitative estimate of drug-likeness (QED) is 0.849. The molecule has 1 heterocycles. The van der Waals surface area contributed by atoms with Crippen LogP contribution >= 0.6 is 11.6 Å². The Bertz CT molecular complexity index is 469. The van der Waals surface area contributed by atoms with E-state index in [1.165, 1.54) is 6.07 Å². The van der Waals surface area contributed by atoms with Gasteiger partial charge in [0.05, 0.1) is 5.60 Å². The Morgan fingerprint density at radius 1 is 1.37 bits per heavy atom. The summed E-state index contributed by atoms with van der Waals surface area (Å²) in [6.07, 6.45) is -0.800. The van der Waals surface area contributed by atoms with Gasteiger partial charge in [0, 0.05) is 5.56 Å². The molecule has 2 rings (SSSR count). The fourth-order valence-electron chi connectivity index (χ4n) is 2.36. The largest absolute Gasteiger partial charge is 0.433 e. The van der Waals surface area contributed by atoms with Crippen molar-refractivity contribution in [2.45, 2.75) is 44.4 Å². The van der Waals surface area contributed by atoms with E-state index in [-0.39, 0.29) is 10.7 Å². The highest BCUT2D eigenvalue weighted by Crippen LogP contribution is 2.40. The van der Waals surface area contributed by atoms with Gasteiger partial charge in [0.25, 0.3) is 0 Å². The highest BCUT2D eigenvalue weighted by atomic mass is 35.5. The first-order valence-electron chi connectivity index (χ1n) is 6.17. The van der Waals surface area contributed by atoms with E-state index in [9.17, 15) is 18.3 Å². The molecule has 0 aromatic carbocycles. The lowest BCUT2D eigenvalue weighted by molar-refractivity contribution is -0.141. The van der Waals surface area contributed by atoms with Crippen molar-refractivity contribution in [1.82, 2.24) is 4.98 Å². The predicted molar refractivity (Wildman–Crippen MR) is 65.8 cm³/mol. The molecule has 0 radical (unpaired) electrons. The number of aromatic nitrogens is 1. The smallest absolute Gasteiger partial charge is 0.385 e. The summed E-state index contributed by atoms with van der Waals surface area (Å²) in [5.41, 5.74) is -2.02. The maximum atomic E-state index is 12.5. The van der Waals surface area contributed by atoms with Crippen LogP contribution in [0.2, 0.25) is 5.15 Å². The normalized spacial score (nSPS) is 19.9. The second kappa shape index (κ2) is 4.94. The van der Waals surface area contributed by atoms with Gasteiger partial charge in [0.2, 0.25) is 0 Å². The maximum Gasteiger partial charge on any atom is 0.433 e. The number of alkyl halides is 3. The molecule has 1 atom stereocenters. The number of nitrogens with zero attached hydrogens (tertiary/aromatic N) is 1. The van der Waals surface area contributed by atoms with Crippen LogP contribution in [-0.2, 0) is 11.8 Å². The molecule has 6 heteroatoms. The Labute approximate surface area is 114 Å². The monoisotopic (exact) mass is 293 g/mol. The standard InChI is InChI=1S/C13H15ClF3NO/c1-12(19,7-8-3-2-4-8)9-5-6-10(13(15,16)17)18-11(9)14/h5-6,8,19H,2-4,7H2,1H3. The summed E-state index contributed by atoms with van der Waals surface area (Å²) in [7, 11) is 0. The molecule has 0 aliphatic heterocycles. The molecule has 0 spiro atoms. The van der Waals surface area contributed by atoms with Crippen LogP contribution in [0.25, 0.3) is 0 Å². The van der Waals surface area contributed by atoms with Crippen molar-refractivity contribution in [3.05, 3.63) is 28.5 Å². The summed E-state index contributed by atoms with van der Waals surface area (Å²) in [5.74, 6) is 0.411. The Morgan fingerprint density at radius 3 is 2.42 bits per heavy atom. The number of hydrogen-bond donors (Lipinski definition) is 1. The minimum Gasteiger partial charge on any atom is -0.385 e. The number of hydrogen-bond acceptors (Lipinski definition) is 2. The molecule has 1 saturated carbocycles. The molecule has 19 heavy (non-hydrogen) atoms. The lowest BCUT2D eigenvalue weighted by Crippen LogP contribution is -2.28. The molecule has 0 amide bonds. The van der Waals surface area contributed by atoms with Gasteiger partial charge in [0.1, 0.15) is 10.8 Å². The van der Waals surface area contributed by atoms with Gasteiger partial charge in [-0.05, 0) is 25.3 Å². The van der Waals surface area contributed by atoms with Crippen molar-refractivity contribution in [1.29, 1.82) is 0 Å². The van der Waals surface area contributed by atoms with E-state index in [4.69, 9.17) is 11.6 Å². The summed E-state index contributed by atoms with van der Waals surface area (Å²) < 4.78 is 37.5. The van der Waals surface area contributed by atoms with Gasteiger partial charge < -0.3 is 5.11 Å². The third-order valence-corrected chi connectivity index (χ3v) is 3.92. The lowest BCUT2D eigenvalue weighted by atomic mass is 9.76. The summed E-state index contributed by atoms with van der Waals surface area (Å²) in [6.45, 7) is 1.57. The first kappa shape index (κ1) is 14.6. The summed E-state index contributed by atoms with van der Waals surface area (Å²) >= 11 is 5.79. The summed E-state index contributed by atoms with van der Waals surface area (Å²) in [6, 6.07) is 2.08. The molecular weight excluding hydrogens is 279 g/mol. The number of rotatable bonds is 3. The summed E-state index contributed by atoms with van der Waals surface area (Å²) in [4.78, 5) is 3.34. The highest BCUT2D eigenvalue weighted by Gasteiger charge is 2.36. The van der Waals surface area contributed by atoms with Crippen molar-refractivity contribution in [3.8, 4) is 0 Å². The van der Waals surface area contributed by atoms with Gasteiger partial charge in [-0.2, -0.15) is 13.2 Å². The van der Waals surface area contributed by atoms with E-state index in [0.717, 1.165) is 25.3 Å². The molecular formula is C13H15ClF3NO. The van der Waals surface area contributed by atoms with Gasteiger partial charge in [-0.15, -0.1) is 0 Å². The zero-order valence-corrected chi connectivity index (χ0v) is 11.2. The number of pyridine rings is 1. The van der Waals surface area contributed by atoms with Crippen LogP contribution in [0.5, 0.6) is 0 Å². The Hall–Kier alpha value is -0.810. The molecule has 1 aliphatic rings. The van der Waals surface area contributed by atoms with Crippen molar-refractivity contribution in [2.75, 3.05) is 0 Å². The van der Waals surface area contributed by atoms with Crippen molar-refractivity contribution in [3.63, 3.8) is 0 Å². The van der Waals surface area contributed by atoms with Crippen LogP contribution in [0.1, 0.15) is 43.9 Å². The highest BCUT2D eigenvalue weighted by molar-refractivity contribution is 6.30. The van der Waals surface area contributed by atoms with Crippen LogP contribution in [-0.4, -0.2) is 10.1 Å². The Kier molecular flexibility index (Phi) is 3.80. The molecule has 1 N–H and O–H groups in total. The van der Waals surface area contributed by atoms with Gasteiger partial charge in [-0.1, -0.05) is 36.9 Å². The average molecular weight is 294 g/mol.